The fourth-order valence-electron chi connectivity index (χ4n) is 6.33. The minimum atomic E-state index is -4.12. The van der Waals surface area contributed by atoms with Crippen LogP contribution in [0.25, 0.3) is 0 Å². The molecule has 282 valence electrons. The highest BCUT2D eigenvalue weighted by Gasteiger charge is 2.52. The molecule has 0 spiro atoms. The Labute approximate surface area is 323 Å². The molecule has 55 heavy (non-hydrogen) atoms. The van der Waals surface area contributed by atoms with E-state index in [1.165, 1.54) is 0 Å². The minimum Gasteiger partial charge on any atom is -0.421 e. The lowest BCUT2D eigenvalue weighted by atomic mass is 9.98. The lowest BCUT2D eigenvalue weighted by molar-refractivity contribution is -0.310. The van der Waals surface area contributed by atoms with Crippen molar-refractivity contribution in [1.82, 2.24) is 0 Å². The molecule has 0 bridgehead atoms. The fourth-order valence-corrected chi connectivity index (χ4v) is 7.98. The summed E-state index contributed by atoms with van der Waals surface area (Å²) in [5, 5.41) is 0.366. The van der Waals surface area contributed by atoms with E-state index in [0.717, 1.165) is 22.3 Å². The maximum Gasteiger partial charge on any atom is 0.413 e. The Bertz CT molecular complexity index is 2020. The van der Waals surface area contributed by atoms with Crippen LogP contribution in [-0.2, 0) is 59.2 Å². The predicted octanol–water partition coefficient (Wildman–Crippen LogP) is 9.30. The van der Waals surface area contributed by atoms with Gasteiger partial charge in [0.15, 0.2) is 6.29 Å². The van der Waals surface area contributed by atoms with Gasteiger partial charge in [-0.3, -0.25) is 4.52 Å². The first-order valence-electron chi connectivity index (χ1n) is 18.5. The molecule has 0 aliphatic carbocycles. The molecule has 0 radical (unpaired) electrons. The van der Waals surface area contributed by atoms with Crippen molar-refractivity contribution in [2.24, 2.45) is 0 Å². The van der Waals surface area contributed by atoms with Gasteiger partial charge in [-0.2, -0.15) is 0 Å². The van der Waals surface area contributed by atoms with Crippen LogP contribution in [0.3, 0.4) is 0 Å². The van der Waals surface area contributed by atoms with Gasteiger partial charge in [-0.15, -0.1) is 0 Å². The average Bonchev–Trinajstić information content (AvgIpc) is 3.24. The van der Waals surface area contributed by atoms with E-state index in [9.17, 15) is 0 Å². The van der Waals surface area contributed by atoms with Gasteiger partial charge in [-0.1, -0.05) is 158 Å². The van der Waals surface area contributed by atoms with Crippen LogP contribution in [0.15, 0.2) is 182 Å². The summed E-state index contributed by atoms with van der Waals surface area (Å²) >= 11 is 0. The molecule has 1 saturated heterocycles. The van der Waals surface area contributed by atoms with Crippen LogP contribution in [0.1, 0.15) is 22.3 Å². The van der Waals surface area contributed by atoms with E-state index in [0.29, 0.717) is 17.7 Å². The molecule has 9 heteroatoms. The summed E-state index contributed by atoms with van der Waals surface area (Å²) in [6.45, 7) is 1.21. The third-order valence-corrected chi connectivity index (χ3v) is 11.0. The highest BCUT2D eigenvalue weighted by molar-refractivity contribution is 7.62. The lowest BCUT2D eigenvalue weighted by Gasteiger charge is -2.46. The van der Waals surface area contributed by atoms with Gasteiger partial charge >= 0.3 is 7.60 Å². The standard InChI is InChI=1S/C46H45O8P/c47-55(41-29-17-6-18-30-41,53-40-27-15-5-16-28-40)54-46-45(51-34-39-25-13-4-14-26-39)44(50-33-38-23-11-3-12-24-38)43(49-32-37-21-9-2-10-22-37)42(52-46)35-48-31-36-19-7-1-8-20-36/h1-30,42-46H,31-35H2/t42-,43-,44+,45-,46-,55?/m1/s1. The summed E-state index contributed by atoms with van der Waals surface area (Å²) < 4.78 is 61.6. The molecule has 1 aliphatic rings. The first kappa shape index (κ1) is 38.4. The van der Waals surface area contributed by atoms with E-state index in [1.807, 2.05) is 146 Å². The quantitative estimate of drug-likeness (QED) is 0.0804. The van der Waals surface area contributed by atoms with Crippen LogP contribution in [-0.4, -0.2) is 37.3 Å². The smallest absolute Gasteiger partial charge is 0.413 e. The van der Waals surface area contributed by atoms with Gasteiger partial charge < -0.3 is 28.2 Å². The van der Waals surface area contributed by atoms with E-state index < -0.39 is 38.3 Å². The van der Waals surface area contributed by atoms with Crippen molar-refractivity contribution >= 4 is 12.9 Å². The second-order valence-electron chi connectivity index (χ2n) is 13.2. The highest BCUT2D eigenvalue weighted by atomic mass is 31.2. The van der Waals surface area contributed by atoms with Crippen LogP contribution in [0, 0.1) is 0 Å². The van der Waals surface area contributed by atoms with E-state index in [1.54, 1.807) is 36.4 Å². The normalized spacial score (nSPS) is 20.7. The Morgan fingerprint density at radius 1 is 0.455 bits per heavy atom. The molecular weight excluding hydrogens is 711 g/mol. The molecule has 1 unspecified atom stereocenters. The zero-order valence-electron chi connectivity index (χ0n) is 30.5. The highest BCUT2D eigenvalue weighted by Crippen LogP contribution is 2.50. The molecule has 0 N–H and O–H groups in total. The Balaban J connectivity index is 1.27. The number of benzene rings is 6. The molecule has 0 aromatic heterocycles. The Morgan fingerprint density at radius 3 is 1.35 bits per heavy atom. The third-order valence-electron chi connectivity index (χ3n) is 9.12. The molecule has 6 atom stereocenters. The monoisotopic (exact) mass is 756 g/mol. The second-order valence-corrected chi connectivity index (χ2v) is 15.1. The third kappa shape index (κ3) is 10.9. The van der Waals surface area contributed by atoms with Crippen LogP contribution < -0.4 is 9.83 Å². The van der Waals surface area contributed by atoms with Crippen molar-refractivity contribution in [3.8, 4) is 5.75 Å². The Hall–Kier alpha value is -4.89. The molecule has 6 aromatic carbocycles. The van der Waals surface area contributed by atoms with Gasteiger partial charge in [0.25, 0.3) is 0 Å². The molecule has 8 nitrogen and oxygen atoms in total. The summed E-state index contributed by atoms with van der Waals surface area (Å²) in [4.78, 5) is 0. The van der Waals surface area contributed by atoms with Crippen LogP contribution in [0.4, 0.5) is 0 Å². The van der Waals surface area contributed by atoms with Gasteiger partial charge in [-0.05, 0) is 46.5 Å². The van der Waals surface area contributed by atoms with Crippen molar-refractivity contribution in [2.75, 3.05) is 6.61 Å². The predicted molar refractivity (Wildman–Crippen MR) is 212 cm³/mol. The molecule has 1 fully saturated rings. The van der Waals surface area contributed by atoms with Crippen molar-refractivity contribution < 1.29 is 37.3 Å². The number of hydrogen-bond acceptors (Lipinski definition) is 8. The minimum absolute atomic E-state index is 0.125. The molecular formula is C46H45O8P. The molecule has 1 heterocycles. The van der Waals surface area contributed by atoms with Crippen LogP contribution in [0.2, 0.25) is 0 Å². The maximum absolute atomic E-state index is 15.2. The lowest BCUT2D eigenvalue weighted by Crippen LogP contribution is -2.61. The second kappa shape index (κ2) is 19.6. The number of hydrogen-bond donors (Lipinski definition) is 0. The van der Waals surface area contributed by atoms with Crippen molar-refractivity contribution in [3.05, 3.63) is 204 Å². The summed E-state index contributed by atoms with van der Waals surface area (Å²) in [6.07, 6.45) is -4.34. The van der Waals surface area contributed by atoms with E-state index in [4.69, 9.17) is 32.7 Å². The van der Waals surface area contributed by atoms with Gasteiger partial charge in [0, 0.05) is 0 Å². The first-order valence-corrected chi connectivity index (χ1v) is 20.0. The number of para-hydroxylation sites is 1. The molecule has 0 amide bonds. The van der Waals surface area contributed by atoms with Gasteiger partial charge in [0.05, 0.1) is 38.3 Å². The summed E-state index contributed by atoms with van der Waals surface area (Å²) in [5.41, 5.74) is 3.90. The summed E-state index contributed by atoms with van der Waals surface area (Å²) in [7, 11) is -4.12. The Kier molecular flexibility index (Phi) is 13.7. The van der Waals surface area contributed by atoms with Crippen molar-refractivity contribution in [3.63, 3.8) is 0 Å². The Morgan fingerprint density at radius 2 is 0.855 bits per heavy atom. The topological polar surface area (TPSA) is 81.7 Å². The molecule has 6 aromatic rings. The zero-order chi connectivity index (χ0) is 37.5. The number of ether oxygens (including phenoxy) is 5. The van der Waals surface area contributed by atoms with Crippen LogP contribution in [0.5, 0.6) is 5.75 Å². The molecule has 1 aliphatic heterocycles. The maximum atomic E-state index is 15.2. The number of rotatable bonds is 18. The SMILES string of the molecule is O=P(Oc1ccccc1)(O[C@H]1O[C@H](COCc2ccccc2)[C@@H](OCc2ccccc2)[C@H](OCc2ccccc2)[C@H]1OCc1ccccc1)c1ccccc1. The van der Waals surface area contributed by atoms with Crippen molar-refractivity contribution in [2.45, 2.75) is 57.1 Å². The fraction of sp³-hybridized carbons (Fsp3) is 0.217. The molecule has 0 saturated carbocycles. The van der Waals surface area contributed by atoms with E-state index in [2.05, 4.69) is 0 Å². The zero-order valence-corrected chi connectivity index (χ0v) is 31.4. The summed E-state index contributed by atoms with van der Waals surface area (Å²) in [6, 6.07) is 57.5. The van der Waals surface area contributed by atoms with Crippen molar-refractivity contribution in [1.29, 1.82) is 0 Å². The van der Waals surface area contributed by atoms with Gasteiger partial charge in [-0.25, -0.2) is 4.57 Å². The van der Waals surface area contributed by atoms with Crippen LogP contribution >= 0.6 is 7.60 Å². The van der Waals surface area contributed by atoms with E-state index in [-0.39, 0.29) is 26.4 Å². The molecule has 7 rings (SSSR count). The summed E-state index contributed by atoms with van der Waals surface area (Å²) in [5.74, 6) is 0.385. The van der Waals surface area contributed by atoms with E-state index >= 15 is 4.57 Å². The average molecular weight is 757 g/mol. The van der Waals surface area contributed by atoms with Gasteiger partial charge in [0.1, 0.15) is 30.2 Å². The van der Waals surface area contributed by atoms with Gasteiger partial charge in [0.2, 0.25) is 0 Å². The first-order chi connectivity index (χ1) is 27.1. The largest absolute Gasteiger partial charge is 0.421 e.